The summed E-state index contributed by atoms with van der Waals surface area (Å²) in [7, 11) is -3.75. The van der Waals surface area contributed by atoms with Gasteiger partial charge in [0.2, 0.25) is 10.0 Å². The number of ether oxygens (including phenoxy) is 1. The predicted molar refractivity (Wildman–Crippen MR) is 140 cm³/mol. The molecule has 192 valence electrons. The van der Waals surface area contributed by atoms with Gasteiger partial charge in [-0.15, -0.1) is 24.5 Å². The van der Waals surface area contributed by atoms with Gasteiger partial charge in [-0.2, -0.15) is 0 Å². The number of nitrogens with zero attached hydrogens (tertiary/aromatic N) is 2. The molecule has 0 N–H and O–H groups in total. The molecule has 0 unspecified atom stereocenters. The van der Waals surface area contributed by atoms with Crippen LogP contribution in [0, 0.1) is 0 Å². The first-order valence-corrected chi connectivity index (χ1v) is 14.5. The van der Waals surface area contributed by atoms with Crippen molar-refractivity contribution in [2.45, 2.75) is 39.6 Å². The molecule has 3 rings (SSSR count). The van der Waals surface area contributed by atoms with Crippen LogP contribution < -0.4 is 9.04 Å². The second-order valence-corrected chi connectivity index (χ2v) is 11.9. The van der Waals surface area contributed by atoms with E-state index < -0.39 is 16.4 Å². The van der Waals surface area contributed by atoms with Crippen molar-refractivity contribution in [3.8, 4) is 5.75 Å². The van der Waals surface area contributed by atoms with E-state index in [0.717, 1.165) is 36.0 Å². The smallest absolute Gasteiger partial charge is 0.406 e. The number of benzene rings is 2. The Bertz CT molecular complexity index is 1210. The molecule has 1 heterocycles. The molecule has 0 amide bonds. The summed E-state index contributed by atoms with van der Waals surface area (Å²) in [6.07, 6.45) is -2.93. The Labute approximate surface area is 216 Å². The molecule has 5 nitrogen and oxygen atoms in total. The molecular weight excluding hydrogens is 565 g/mol. The molecule has 0 atom stereocenters. The highest BCUT2D eigenvalue weighted by Crippen LogP contribution is 2.43. The largest absolute Gasteiger partial charge is 0.573 e. The van der Waals surface area contributed by atoms with Crippen molar-refractivity contribution in [1.82, 2.24) is 4.90 Å². The number of fused-ring (bicyclic) bond motifs is 1. The van der Waals surface area contributed by atoms with Crippen molar-refractivity contribution < 1.29 is 26.3 Å². The van der Waals surface area contributed by atoms with Gasteiger partial charge in [0.1, 0.15) is 10.8 Å². The van der Waals surface area contributed by atoms with Gasteiger partial charge in [0, 0.05) is 16.6 Å². The van der Waals surface area contributed by atoms with Crippen molar-refractivity contribution >= 4 is 52.4 Å². The molecule has 0 aliphatic heterocycles. The highest BCUT2D eigenvalue weighted by molar-refractivity contribution is 9.10. The van der Waals surface area contributed by atoms with Gasteiger partial charge in [-0.1, -0.05) is 44.2 Å². The van der Waals surface area contributed by atoms with Gasteiger partial charge in [0.15, 0.2) is 0 Å². The lowest BCUT2D eigenvalue weighted by atomic mass is 10.2. The van der Waals surface area contributed by atoms with Crippen LogP contribution in [0.4, 0.5) is 18.2 Å². The summed E-state index contributed by atoms with van der Waals surface area (Å²) in [4.78, 5) is 2.14. The summed E-state index contributed by atoms with van der Waals surface area (Å²) in [5, 5.41) is 1.44. The summed E-state index contributed by atoms with van der Waals surface area (Å²) < 4.78 is 71.8. The lowest BCUT2D eigenvalue weighted by Gasteiger charge is -2.26. The van der Waals surface area contributed by atoms with E-state index in [1.165, 1.54) is 39.9 Å². The van der Waals surface area contributed by atoms with E-state index in [4.69, 9.17) is 0 Å². The molecule has 0 aliphatic rings. The maximum Gasteiger partial charge on any atom is 0.573 e. The third-order valence-electron chi connectivity index (χ3n) is 5.31. The van der Waals surface area contributed by atoms with Gasteiger partial charge >= 0.3 is 6.36 Å². The van der Waals surface area contributed by atoms with Crippen LogP contribution in [0.3, 0.4) is 0 Å². The lowest BCUT2D eigenvalue weighted by Crippen LogP contribution is -2.38. The van der Waals surface area contributed by atoms with E-state index >= 15 is 0 Å². The third-order valence-corrected chi connectivity index (χ3v) is 9.36. The second kappa shape index (κ2) is 11.9. The Hall–Kier alpha value is -1.82. The van der Waals surface area contributed by atoms with E-state index in [1.54, 1.807) is 0 Å². The van der Waals surface area contributed by atoms with Gasteiger partial charge in [0.05, 0.1) is 16.8 Å². The van der Waals surface area contributed by atoms with Gasteiger partial charge in [0.25, 0.3) is 0 Å². The Morgan fingerprint density at radius 1 is 0.971 bits per heavy atom. The zero-order valence-corrected chi connectivity index (χ0v) is 22.7. The highest BCUT2D eigenvalue weighted by atomic mass is 79.9. The van der Waals surface area contributed by atoms with Crippen molar-refractivity contribution in [1.29, 1.82) is 0 Å². The Morgan fingerprint density at radius 2 is 1.60 bits per heavy atom. The maximum atomic E-state index is 13.6. The molecule has 35 heavy (non-hydrogen) atoms. The molecule has 0 bridgehead atoms. The summed E-state index contributed by atoms with van der Waals surface area (Å²) in [5.41, 5.74) is 0.548. The monoisotopic (exact) mass is 592 g/mol. The number of rotatable bonds is 12. The molecule has 0 radical (unpaired) electrons. The molecule has 0 saturated carbocycles. The van der Waals surface area contributed by atoms with Crippen LogP contribution in [-0.2, 0) is 16.6 Å². The minimum Gasteiger partial charge on any atom is -0.406 e. The summed E-state index contributed by atoms with van der Waals surface area (Å²) >= 11 is 4.94. The fourth-order valence-corrected chi connectivity index (χ4v) is 7.65. The number of halogens is 4. The van der Waals surface area contributed by atoms with Gasteiger partial charge < -0.3 is 9.64 Å². The van der Waals surface area contributed by atoms with Gasteiger partial charge in [-0.3, -0.25) is 4.31 Å². The van der Waals surface area contributed by atoms with E-state index in [1.807, 2.05) is 24.3 Å². The van der Waals surface area contributed by atoms with Crippen molar-refractivity contribution in [2.75, 3.05) is 29.7 Å². The van der Waals surface area contributed by atoms with Crippen LogP contribution in [0.25, 0.3) is 10.1 Å². The number of thiophene rings is 1. The molecule has 11 heteroatoms. The van der Waals surface area contributed by atoms with Crippen molar-refractivity contribution in [3.63, 3.8) is 0 Å². The Balaban J connectivity index is 1.93. The van der Waals surface area contributed by atoms with Crippen LogP contribution >= 0.6 is 27.3 Å². The van der Waals surface area contributed by atoms with Crippen LogP contribution in [0.15, 0.2) is 53.0 Å². The minimum atomic E-state index is -4.79. The van der Waals surface area contributed by atoms with Crippen molar-refractivity contribution in [2.24, 2.45) is 0 Å². The molecule has 2 aromatic carbocycles. The first kappa shape index (κ1) is 27.8. The minimum absolute atomic E-state index is 0.0123. The quantitative estimate of drug-likeness (QED) is 0.227. The zero-order chi connectivity index (χ0) is 25.6. The topological polar surface area (TPSA) is 49.9 Å². The zero-order valence-electron chi connectivity index (χ0n) is 19.5. The molecule has 3 aromatic rings. The summed E-state index contributed by atoms with van der Waals surface area (Å²) in [6.45, 7) is 6.14. The van der Waals surface area contributed by atoms with Crippen LogP contribution in [0.5, 0.6) is 5.75 Å². The molecular formula is C24H28BrF3N2O3S2. The number of sulfonamides is 1. The number of hydrogen-bond acceptors (Lipinski definition) is 5. The first-order valence-electron chi connectivity index (χ1n) is 11.3. The fraction of sp³-hybridized carbons (Fsp3) is 0.417. The van der Waals surface area contributed by atoms with Crippen LogP contribution in [0.2, 0.25) is 0 Å². The number of alkyl halides is 3. The Kier molecular flexibility index (Phi) is 9.47. The van der Waals surface area contributed by atoms with E-state index in [9.17, 15) is 21.6 Å². The normalized spacial score (nSPS) is 12.4. The second-order valence-electron chi connectivity index (χ2n) is 8.07. The van der Waals surface area contributed by atoms with Crippen LogP contribution in [-0.4, -0.2) is 45.1 Å². The fourth-order valence-electron chi connectivity index (χ4n) is 3.74. The first-order chi connectivity index (χ1) is 16.5. The predicted octanol–water partition coefficient (Wildman–Crippen LogP) is 7.02. The van der Waals surface area contributed by atoms with Gasteiger partial charge in [-0.25, -0.2) is 8.42 Å². The average molecular weight is 594 g/mol. The molecule has 0 spiro atoms. The van der Waals surface area contributed by atoms with Crippen LogP contribution in [0.1, 0.15) is 32.3 Å². The van der Waals surface area contributed by atoms with Crippen molar-refractivity contribution in [3.05, 3.63) is 58.6 Å². The third kappa shape index (κ3) is 7.58. The SMILES string of the molecule is CCCN(CCC)CCS(=O)(=O)N(Cc1ccc(OC(F)(F)F)cc1)c1sc2ccccc2c1Br. The van der Waals surface area contributed by atoms with E-state index in [0.29, 0.717) is 21.6 Å². The summed E-state index contributed by atoms with van der Waals surface area (Å²) in [5.74, 6) is -0.420. The molecule has 1 aromatic heterocycles. The summed E-state index contributed by atoms with van der Waals surface area (Å²) in [6, 6.07) is 12.9. The molecule has 0 fully saturated rings. The average Bonchev–Trinajstić information content (AvgIpc) is 3.12. The standard InChI is InChI=1S/C24H28BrF3N2O3S2/c1-3-13-29(14-4-2)15-16-35(31,32)30(23-22(25)20-7-5-6-8-21(20)34-23)17-18-9-11-19(12-10-18)33-24(26,27)28/h5-12H,3-4,13-17H2,1-2H3. The molecule has 0 saturated heterocycles. The van der Waals surface area contributed by atoms with E-state index in [-0.39, 0.29) is 18.0 Å². The van der Waals surface area contributed by atoms with E-state index in [2.05, 4.69) is 39.4 Å². The lowest BCUT2D eigenvalue weighted by molar-refractivity contribution is -0.274. The number of hydrogen-bond donors (Lipinski definition) is 0. The highest BCUT2D eigenvalue weighted by Gasteiger charge is 2.31. The Morgan fingerprint density at radius 3 is 2.17 bits per heavy atom. The van der Waals surface area contributed by atoms with Gasteiger partial charge in [-0.05, 0) is 65.6 Å². The number of anilines is 1. The maximum absolute atomic E-state index is 13.6. The molecule has 0 aliphatic carbocycles.